The molecule has 0 aliphatic rings. The van der Waals surface area contributed by atoms with Gasteiger partial charge < -0.3 is 4.57 Å². The molecule has 0 spiro atoms. The predicted molar refractivity (Wildman–Crippen MR) is 173 cm³/mol. The fourth-order valence-electron chi connectivity index (χ4n) is 6.81. The minimum Gasteiger partial charge on any atom is -0.309 e. The number of para-hydroxylation sites is 1. The third-order valence-electron chi connectivity index (χ3n) is 8.66. The largest absolute Gasteiger partial charge is 0.309 e. The summed E-state index contributed by atoms with van der Waals surface area (Å²) in [4.78, 5) is 27.5. The van der Waals surface area contributed by atoms with Gasteiger partial charge in [0.2, 0.25) is 0 Å². The fraction of sp³-hybridized carbons (Fsp3) is 0. The summed E-state index contributed by atoms with van der Waals surface area (Å²) in [5.41, 5.74) is 5.63. The van der Waals surface area contributed by atoms with Crippen molar-refractivity contribution in [1.29, 1.82) is 0 Å². The van der Waals surface area contributed by atoms with Gasteiger partial charge in [0.25, 0.3) is 11.1 Å². The maximum absolute atomic E-state index is 13.7. The van der Waals surface area contributed by atoms with Crippen LogP contribution in [0.15, 0.2) is 143 Å². The summed E-state index contributed by atoms with van der Waals surface area (Å²) in [5, 5.41) is 6.87. The molecular formula is C38H22N2O2. The van der Waals surface area contributed by atoms with E-state index in [-0.39, 0.29) is 11.1 Å². The molecular weight excluding hydrogens is 516 g/mol. The zero-order valence-corrected chi connectivity index (χ0v) is 22.4. The lowest BCUT2D eigenvalue weighted by molar-refractivity contribution is 1.09. The molecule has 0 radical (unpaired) electrons. The number of hydrogen-bond donors (Lipinski definition) is 0. The Labute approximate surface area is 239 Å². The first-order chi connectivity index (χ1) is 20.7. The van der Waals surface area contributed by atoms with Crippen molar-refractivity contribution in [3.8, 4) is 16.8 Å². The summed E-state index contributed by atoms with van der Waals surface area (Å²) in [6.45, 7) is 0. The molecule has 0 atom stereocenters. The highest BCUT2D eigenvalue weighted by molar-refractivity contribution is 6.19. The Morgan fingerprint density at radius 3 is 1.55 bits per heavy atom. The first-order valence-electron chi connectivity index (χ1n) is 14.0. The van der Waals surface area contributed by atoms with E-state index in [0.717, 1.165) is 38.3 Å². The molecule has 0 amide bonds. The first kappa shape index (κ1) is 23.0. The summed E-state index contributed by atoms with van der Waals surface area (Å²) in [6.07, 6.45) is 0. The monoisotopic (exact) mass is 538 g/mol. The van der Waals surface area contributed by atoms with Gasteiger partial charge in [-0.05, 0) is 64.4 Å². The van der Waals surface area contributed by atoms with E-state index in [2.05, 4.69) is 83.4 Å². The third-order valence-corrected chi connectivity index (χ3v) is 8.66. The second kappa shape index (κ2) is 8.38. The van der Waals surface area contributed by atoms with E-state index in [0.29, 0.717) is 16.3 Å². The average Bonchev–Trinajstić information content (AvgIpc) is 3.38. The van der Waals surface area contributed by atoms with Gasteiger partial charge in [0.05, 0.1) is 16.6 Å². The molecule has 3 heterocycles. The highest BCUT2D eigenvalue weighted by Crippen LogP contribution is 2.38. The van der Waals surface area contributed by atoms with E-state index in [9.17, 15) is 9.59 Å². The topological polar surface area (TPSA) is 43.5 Å². The van der Waals surface area contributed by atoms with Crippen molar-refractivity contribution in [3.63, 3.8) is 0 Å². The number of benzene rings is 6. The molecule has 0 saturated carbocycles. The Morgan fingerprint density at radius 2 is 0.905 bits per heavy atom. The van der Waals surface area contributed by atoms with Crippen molar-refractivity contribution in [1.82, 2.24) is 8.97 Å². The zero-order chi connectivity index (χ0) is 27.9. The first-order valence-corrected chi connectivity index (χ1v) is 14.0. The Bertz CT molecular complexity index is 2560. The molecule has 42 heavy (non-hydrogen) atoms. The minimum absolute atomic E-state index is 0.281. The van der Waals surface area contributed by atoms with Gasteiger partial charge in [-0.2, -0.15) is 0 Å². The second-order valence-corrected chi connectivity index (χ2v) is 10.9. The molecule has 6 aromatic carbocycles. The number of aromatic nitrogens is 2. The molecule has 196 valence electrons. The van der Waals surface area contributed by atoms with E-state index in [4.69, 9.17) is 0 Å². The van der Waals surface area contributed by atoms with Crippen molar-refractivity contribution in [2.24, 2.45) is 0 Å². The Morgan fingerprint density at radius 1 is 0.381 bits per heavy atom. The van der Waals surface area contributed by atoms with Gasteiger partial charge >= 0.3 is 0 Å². The molecule has 9 rings (SSSR count). The van der Waals surface area contributed by atoms with E-state index in [1.807, 2.05) is 54.6 Å². The van der Waals surface area contributed by atoms with E-state index in [1.54, 1.807) is 0 Å². The molecule has 0 saturated heterocycles. The van der Waals surface area contributed by atoms with Crippen LogP contribution in [0.3, 0.4) is 0 Å². The van der Waals surface area contributed by atoms with Crippen LogP contribution in [0.4, 0.5) is 0 Å². The molecule has 0 N–H and O–H groups in total. The smallest absolute Gasteiger partial charge is 0.266 e. The molecule has 0 unspecified atom stereocenters. The maximum Gasteiger partial charge on any atom is 0.266 e. The summed E-state index contributed by atoms with van der Waals surface area (Å²) >= 11 is 0. The highest BCUT2D eigenvalue weighted by Gasteiger charge is 2.20. The third kappa shape index (κ3) is 3.01. The van der Waals surface area contributed by atoms with Crippen LogP contribution in [0.1, 0.15) is 0 Å². The molecule has 9 aromatic rings. The number of rotatable bonds is 2. The summed E-state index contributed by atoms with van der Waals surface area (Å²) in [5.74, 6) is 0. The lowest BCUT2D eigenvalue weighted by Crippen LogP contribution is -2.27. The van der Waals surface area contributed by atoms with Crippen molar-refractivity contribution >= 4 is 59.6 Å². The van der Waals surface area contributed by atoms with Gasteiger partial charge in [-0.3, -0.25) is 9.59 Å². The highest BCUT2D eigenvalue weighted by atomic mass is 16.2. The SMILES string of the molecule is O=c1c2ccccc2c2cc(-n3c4ccccc4c4cc(-c5ccccc5)ccc43)cc3c4ccccc4c(=O)n1c23. The number of fused-ring (bicyclic) bond motifs is 7. The van der Waals surface area contributed by atoms with Crippen LogP contribution in [-0.2, 0) is 0 Å². The molecule has 3 aromatic heterocycles. The van der Waals surface area contributed by atoms with Gasteiger partial charge in [-0.15, -0.1) is 0 Å². The molecule has 0 aliphatic heterocycles. The maximum atomic E-state index is 13.7. The predicted octanol–water partition coefficient (Wildman–Crippen LogP) is 8.32. The van der Waals surface area contributed by atoms with Crippen molar-refractivity contribution in [2.75, 3.05) is 0 Å². The Kier molecular flexibility index (Phi) is 4.59. The second-order valence-electron chi connectivity index (χ2n) is 10.9. The number of pyridine rings is 2. The van der Waals surface area contributed by atoms with Gasteiger partial charge in [0.1, 0.15) is 0 Å². The van der Waals surface area contributed by atoms with Crippen LogP contribution in [0.5, 0.6) is 0 Å². The molecule has 0 bridgehead atoms. The normalized spacial score (nSPS) is 12.0. The summed E-state index contributed by atoms with van der Waals surface area (Å²) < 4.78 is 3.68. The molecule has 0 aliphatic carbocycles. The fourth-order valence-corrected chi connectivity index (χ4v) is 6.81. The van der Waals surface area contributed by atoms with Crippen LogP contribution < -0.4 is 11.1 Å². The van der Waals surface area contributed by atoms with E-state index in [1.165, 1.54) is 26.3 Å². The minimum atomic E-state index is -0.281. The molecule has 0 fully saturated rings. The lowest BCUT2D eigenvalue weighted by Gasteiger charge is -2.16. The van der Waals surface area contributed by atoms with Crippen LogP contribution in [0, 0.1) is 0 Å². The average molecular weight is 539 g/mol. The van der Waals surface area contributed by atoms with Crippen molar-refractivity contribution < 1.29 is 0 Å². The quantitative estimate of drug-likeness (QED) is 0.164. The molecule has 4 heteroatoms. The van der Waals surface area contributed by atoms with Crippen LogP contribution >= 0.6 is 0 Å². The van der Waals surface area contributed by atoms with Gasteiger partial charge in [-0.25, -0.2) is 4.40 Å². The molecule has 4 nitrogen and oxygen atoms in total. The van der Waals surface area contributed by atoms with E-state index < -0.39 is 0 Å². The number of nitrogens with zero attached hydrogens (tertiary/aromatic N) is 2. The Hall–Kier alpha value is -5.74. The summed E-state index contributed by atoms with van der Waals surface area (Å²) in [7, 11) is 0. The van der Waals surface area contributed by atoms with Crippen molar-refractivity contribution in [3.05, 3.63) is 154 Å². The van der Waals surface area contributed by atoms with Gasteiger partial charge in [-0.1, -0.05) is 91.0 Å². The van der Waals surface area contributed by atoms with Gasteiger partial charge in [0, 0.05) is 38.0 Å². The lowest BCUT2D eigenvalue weighted by atomic mass is 9.98. The van der Waals surface area contributed by atoms with Crippen molar-refractivity contribution in [2.45, 2.75) is 0 Å². The van der Waals surface area contributed by atoms with Crippen LogP contribution in [0.25, 0.3) is 76.5 Å². The number of hydrogen-bond acceptors (Lipinski definition) is 2. The Balaban J connectivity index is 1.48. The zero-order valence-electron chi connectivity index (χ0n) is 22.4. The van der Waals surface area contributed by atoms with Gasteiger partial charge in [0.15, 0.2) is 0 Å². The van der Waals surface area contributed by atoms with Crippen LogP contribution in [0.2, 0.25) is 0 Å². The summed E-state index contributed by atoms with van der Waals surface area (Å²) in [6, 6.07) is 45.0. The van der Waals surface area contributed by atoms with Crippen LogP contribution in [-0.4, -0.2) is 8.97 Å². The van der Waals surface area contributed by atoms with E-state index >= 15 is 0 Å². The standard InChI is InChI=1S/C38H22N2O2/c41-37-29-15-6-4-12-26(29)32-21-25(22-33-27-13-5-7-16-30(27)38(42)40(37)36(32)33)39-34-17-9-8-14-28(34)31-20-24(18-19-35(31)39)23-10-2-1-3-11-23/h1-22H.